The van der Waals surface area contributed by atoms with Crippen LogP contribution in [0, 0.1) is 0 Å². The fourth-order valence-corrected chi connectivity index (χ4v) is 12.5. The van der Waals surface area contributed by atoms with Crippen LogP contribution in [0.2, 0.25) is 0 Å². The lowest BCUT2D eigenvalue weighted by Crippen LogP contribution is -2.37. The number of carbonyl (C=O) groups is 2. The van der Waals surface area contributed by atoms with Crippen LogP contribution in [0.5, 0.6) is 0 Å². The molecule has 89 heavy (non-hydrogen) atoms. The van der Waals surface area contributed by atoms with Crippen molar-refractivity contribution in [2.24, 2.45) is 0 Å². The number of nitrogens with zero attached hydrogens (tertiary/aromatic N) is 1. The molecule has 2 unspecified atom stereocenters. The molecule has 0 radical (unpaired) electrons. The predicted molar refractivity (Wildman–Crippen MR) is 386 cm³/mol. The molecule has 10 heteroatoms. The number of hydrogen-bond acceptors (Lipinski definition) is 7. The van der Waals surface area contributed by atoms with Gasteiger partial charge in [0, 0.05) is 12.8 Å². The lowest BCUT2D eigenvalue weighted by Gasteiger charge is -2.24. The highest BCUT2D eigenvalue weighted by Gasteiger charge is 2.27. The zero-order chi connectivity index (χ0) is 64.8. The first-order valence-corrected chi connectivity index (χ1v) is 40.4. The van der Waals surface area contributed by atoms with Crippen molar-refractivity contribution < 1.29 is 42.1 Å². The molecular weight excluding hydrogens is 1120 g/mol. The molecule has 0 bridgehead atoms. The minimum absolute atomic E-state index is 0.0325. The van der Waals surface area contributed by atoms with Crippen molar-refractivity contribution in [2.45, 2.75) is 399 Å². The zero-order valence-electron chi connectivity index (χ0n) is 59.9. The second kappa shape index (κ2) is 70.3. The summed E-state index contributed by atoms with van der Waals surface area (Å²) >= 11 is 0. The Morgan fingerprint density at radius 3 is 0.955 bits per heavy atom. The van der Waals surface area contributed by atoms with Crippen molar-refractivity contribution in [2.75, 3.05) is 47.5 Å². The van der Waals surface area contributed by atoms with Gasteiger partial charge >= 0.3 is 19.8 Å². The summed E-state index contributed by atoms with van der Waals surface area (Å²) in [5.41, 5.74) is 0. The van der Waals surface area contributed by atoms with E-state index in [-0.39, 0.29) is 25.6 Å². The molecule has 0 spiro atoms. The summed E-state index contributed by atoms with van der Waals surface area (Å²) < 4.78 is 34.8. The molecule has 0 aromatic rings. The molecule has 0 saturated heterocycles. The van der Waals surface area contributed by atoms with E-state index in [0.29, 0.717) is 23.9 Å². The van der Waals surface area contributed by atoms with Gasteiger partial charge in [-0.3, -0.25) is 18.6 Å². The van der Waals surface area contributed by atoms with Gasteiger partial charge in [0.05, 0.1) is 27.7 Å². The third-order valence-electron chi connectivity index (χ3n) is 17.6. The topological polar surface area (TPSA) is 108 Å². The molecular formula is C79H151NO8P+. The van der Waals surface area contributed by atoms with Crippen LogP contribution in [0.15, 0.2) is 48.6 Å². The zero-order valence-corrected chi connectivity index (χ0v) is 60.8. The standard InChI is InChI=1S/C79H150NO8P/c1-6-8-10-12-14-16-18-20-22-24-26-28-30-32-33-34-35-36-37-38-39-40-41-42-43-44-45-46-48-49-51-53-55-57-59-61-63-65-67-69-71-78(81)85-75-77(76-87-89(83,84)86-74-73-80(3,4)5)88-79(82)72-70-68-66-64-62-60-58-56-54-52-50-47-31-29-27-25-23-21-19-17-15-13-11-9-7-2/h9,11,15,17,21,23,27,29,77H,6-8,10,12-14,16,18-20,22,24-26,28,30-76H2,1-5H3/p+1/b11-9-,17-15-,23-21-,29-27-. The summed E-state index contributed by atoms with van der Waals surface area (Å²) in [6.45, 7) is 4.39. The Kier molecular flexibility index (Phi) is 68.7. The summed E-state index contributed by atoms with van der Waals surface area (Å²) in [7, 11) is 1.49. The van der Waals surface area contributed by atoms with Gasteiger partial charge in [-0.2, -0.15) is 0 Å². The third-order valence-corrected chi connectivity index (χ3v) is 18.6. The van der Waals surface area contributed by atoms with Crippen LogP contribution in [0.25, 0.3) is 0 Å². The highest BCUT2D eigenvalue weighted by atomic mass is 31.2. The van der Waals surface area contributed by atoms with Gasteiger partial charge in [0.1, 0.15) is 19.8 Å². The molecule has 524 valence electrons. The molecule has 0 heterocycles. The van der Waals surface area contributed by atoms with Crippen molar-refractivity contribution in [1.82, 2.24) is 0 Å². The molecule has 1 N–H and O–H groups in total. The first-order chi connectivity index (χ1) is 43.5. The maximum absolute atomic E-state index is 12.9. The quantitative estimate of drug-likeness (QED) is 0.0211. The third kappa shape index (κ3) is 74.9. The van der Waals surface area contributed by atoms with Gasteiger partial charge in [0.25, 0.3) is 0 Å². The lowest BCUT2D eigenvalue weighted by molar-refractivity contribution is -0.870. The molecule has 0 aliphatic rings. The predicted octanol–water partition coefficient (Wildman–Crippen LogP) is 25.6. The minimum Gasteiger partial charge on any atom is -0.462 e. The van der Waals surface area contributed by atoms with Gasteiger partial charge in [-0.05, 0) is 51.4 Å². The number of rotatable bonds is 73. The summed E-state index contributed by atoms with van der Waals surface area (Å²) in [4.78, 5) is 35.9. The number of carbonyl (C=O) groups excluding carboxylic acids is 2. The van der Waals surface area contributed by atoms with Crippen LogP contribution in [-0.2, 0) is 32.7 Å². The molecule has 0 saturated carbocycles. The molecule has 2 atom stereocenters. The SMILES string of the molecule is CC/C=C\C/C=C\C/C=C\C/C=C\CCCCCCCCCCCCCCC(=O)OC(COC(=O)CCCCCCCCCCCCCCCCCCCCCCCCCCCCCCCCCCCCCCCCCC)COP(=O)(O)OCC[N+](C)(C)C. The number of allylic oxidation sites excluding steroid dienone is 8. The fourth-order valence-electron chi connectivity index (χ4n) is 11.7. The van der Waals surface area contributed by atoms with E-state index in [9.17, 15) is 19.0 Å². The van der Waals surface area contributed by atoms with Crippen LogP contribution in [0.3, 0.4) is 0 Å². The first-order valence-electron chi connectivity index (χ1n) is 38.9. The molecule has 0 fully saturated rings. The van der Waals surface area contributed by atoms with Crippen LogP contribution >= 0.6 is 7.82 Å². The van der Waals surface area contributed by atoms with Crippen LogP contribution in [-0.4, -0.2) is 74.9 Å². The Bertz CT molecular complexity index is 1640. The fraction of sp³-hybridized carbons (Fsp3) is 0.873. The largest absolute Gasteiger partial charge is 0.472 e. The van der Waals surface area contributed by atoms with E-state index in [2.05, 4.69) is 62.5 Å². The van der Waals surface area contributed by atoms with E-state index < -0.39 is 26.5 Å². The second-order valence-electron chi connectivity index (χ2n) is 27.7. The van der Waals surface area contributed by atoms with Gasteiger partial charge in [0.2, 0.25) is 0 Å². The van der Waals surface area contributed by atoms with Crippen LogP contribution < -0.4 is 0 Å². The van der Waals surface area contributed by atoms with Crippen LogP contribution in [0.4, 0.5) is 0 Å². The summed E-state index contributed by atoms with van der Waals surface area (Å²) in [6.07, 6.45) is 92.7. The van der Waals surface area contributed by atoms with Gasteiger partial charge in [-0.1, -0.05) is 377 Å². The Balaban J connectivity index is 3.88. The van der Waals surface area contributed by atoms with E-state index in [0.717, 1.165) is 64.2 Å². The number of phosphoric acid groups is 1. The Hall–Kier alpha value is -2.03. The molecule has 0 rings (SSSR count). The van der Waals surface area contributed by atoms with Crippen molar-refractivity contribution in [3.8, 4) is 0 Å². The van der Waals surface area contributed by atoms with E-state index in [1.54, 1.807) is 0 Å². The first kappa shape index (κ1) is 87.0. The van der Waals surface area contributed by atoms with Crippen molar-refractivity contribution >= 4 is 19.8 Å². The molecule has 0 amide bonds. The smallest absolute Gasteiger partial charge is 0.462 e. The van der Waals surface area contributed by atoms with E-state index >= 15 is 0 Å². The monoisotopic (exact) mass is 1270 g/mol. The van der Waals surface area contributed by atoms with Crippen molar-refractivity contribution in [3.05, 3.63) is 48.6 Å². The van der Waals surface area contributed by atoms with Crippen molar-refractivity contribution in [3.63, 3.8) is 0 Å². The second-order valence-corrected chi connectivity index (χ2v) is 29.2. The van der Waals surface area contributed by atoms with Gasteiger partial charge in [-0.15, -0.1) is 0 Å². The Labute approximate surface area is 554 Å². The summed E-state index contributed by atoms with van der Waals surface area (Å²) in [6, 6.07) is 0. The van der Waals surface area contributed by atoms with E-state index in [4.69, 9.17) is 18.5 Å². The molecule has 0 aliphatic heterocycles. The maximum atomic E-state index is 12.9. The number of unbranched alkanes of at least 4 members (excludes halogenated alkanes) is 51. The van der Waals surface area contributed by atoms with Gasteiger partial charge < -0.3 is 18.9 Å². The number of likely N-dealkylation sites (N-methyl/N-ethyl adjacent to an activating group) is 1. The van der Waals surface area contributed by atoms with Crippen molar-refractivity contribution in [1.29, 1.82) is 0 Å². The molecule has 0 aliphatic carbocycles. The number of phosphoric ester groups is 1. The number of quaternary nitrogens is 1. The lowest BCUT2D eigenvalue weighted by atomic mass is 10.0. The van der Waals surface area contributed by atoms with E-state index in [1.807, 2.05) is 21.1 Å². The van der Waals surface area contributed by atoms with Gasteiger partial charge in [0.15, 0.2) is 6.10 Å². The highest BCUT2D eigenvalue weighted by Crippen LogP contribution is 2.43. The van der Waals surface area contributed by atoms with Gasteiger partial charge in [-0.25, -0.2) is 4.57 Å². The minimum atomic E-state index is -4.39. The summed E-state index contributed by atoms with van der Waals surface area (Å²) in [5.74, 6) is -0.781. The average Bonchev–Trinajstić information content (AvgIpc) is 3.60. The average molecular weight is 1270 g/mol. The highest BCUT2D eigenvalue weighted by molar-refractivity contribution is 7.47. The normalized spacial score (nSPS) is 13.3. The Morgan fingerprint density at radius 2 is 0.640 bits per heavy atom. The number of ether oxygens (including phenoxy) is 2. The molecule has 9 nitrogen and oxygen atoms in total. The Morgan fingerprint density at radius 1 is 0.360 bits per heavy atom. The molecule has 0 aromatic carbocycles. The molecule has 0 aromatic heterocycles. The summed E-state index contributed by atoms with van der Waals surface area (Å²) in [5, 5.41) is 0. The van der Waals surface area contributed by atoms with Crippen LogP contribution in [0.1, 0.15) is 393 Å². The number of hydrogen-bond donors (Lipinski definition) is 1. The number of esters is 2. The maximum Gasteiger partial charge on any atom is 0.472 e. The van der Waals surface area contributed by atoms with E-state index in [1.165, 1.54) is 295 Å².